The molecular weight excluding hydrogens is 275 g/mol. The Morgan fingerprint density at radius 1 is 0.952 bits per heavy atom. The first kappa shape index (κ1) is 13.7. The average Bonchev–Trinajstić information content (AvgIpc) is 2.89. The van der Waals surface area contributed by atoms with Crippen LogP contribution in [0.15, 0.2) is 48.5 Å². The molecule has 0 saturated carbocycles. The van der Waals surface area contributed by atoms with E-state index in [9.17, 15) is 13.2 Å². The number of hydrogen-bond acceptors (Lipinski definition) is 0. The molecule has 0 aliphatic heterocycles. The molecule has 1 heterocycles. The van der Waals surface area contributed by atoms with Crippen LogP contribution in [0.3, 0.4) is 0 Å². The predicted octanol–water partition coefficient (Wildman–Crippen LogP) is 5.42. The predicted molar refractivity (Wildman–Crippen MR) is 78.1 cm³/mol. The average molecular weight is 289 g/mol. The van der Waals surface area contributed by atoms with Gasteiger partial charge in [-0.25, -0.2) is 0 Å². The van der Waals surface area contributed by atoms with Crippen molar-refractivity contribution in [3.63, 3.8) is 0 Å². The zero-order chi connectivity index (χ0) is 15.0. The van der Waals surface area contributed by atoms with Crippen molar-refractivity contribution < 1.29 is 13.2 Å². The quantitative estimate of drug-likeness (QED) is 0.648. The van der Waals surface area contributed by atoms with E-state index < -0.39 is 11.7 Å². The molecule has 3 aromatic rings. The number of aryl methyl sites for hydroxylation is 1. The summed E-state index contributed by atoms with van der Waals surface area (Å²) >= 11 is 0. The van der Waals surface area contributed by atoms with Crippen LogP contribution in [0.1, 0.15) is 18.1 Å². The molecule has 2 aromatic carbocycles. The molecule has 1 N–H and O–H groups in total. The molecular formula is C17H14F3N. The molecule has 0 atom stereocenters. The van der Waals surface area contributed by atoms with Gasteiger partial charge in [-0.3, -0.25) is 0 Å². The summed E-state index contributed by atoms with van der Waals surface area (Å²) in [6, 6.07) is 13.5. The number of aromatic amines is 1. The normalized spacial score (nSPS) is 12.0. The van der Waals surface area contributed by atoms with Gasteiger partial charge in [-0.1, -0.05) is 31.2 Å². The van der Waals surface area contributed by atoms with Gasteiger partial charge in [-0.2, -0.15) is 13.2 Å². The van der Waals surface area contributed by atoms with E-state index in [0.29, 0.717) is 10.9 Å². The van der Waals surface area contributed by atoms with Crippen molar-refractivity contribution in [2.45, 2.75) is 19.5 Å². The summed E-state index contributed by atoms with van der Waals surface area (Å²) in [5.41, 5.74) is 3.11. The molecule has 0 aliphatic carbocycles. The van der Waals surface area contributed by atoms with Crippen molar-refractivity contribution in [3.05, 3.63) is 59.7 Å². The van der Waals surface area contributed by atoms with Crippen LogP contribution in [-0.2, 0) is 12.6 Å². The Labute approximate surface area is 120 Å². The van der Waals surface area contributed by atoms with Gasteiger partial charge in [0, 0.05) is 16.6 Å². The summed E-state index contributed by atoms with van der Waals surface area (Å²) in [5.74, 6) is 0. The fourth-order valence-electron chi connectivity index (χ4n) is 2.38. The molecule has 3 rings (SSSR count). The van der Waals surface area contributed by atoms with Gasteiger partial charge in [-0.05, 0) is 41.8 Å². The maximum atomic E-state index is 12.7. The number of fused-ring (bicyclic) bond motifs is 1. The molecule has 4 heteroatoms. The Morgan fingerprint density at radius 2 is 1.67 bits per heavy atom. The van der Waals surface area contributed by atoms with E-state index in [-0.39, 0.29) is 0 Å². The second kappa shape index (κ2) is 4.95. The van der Waals surface area contributed by atoms with E-state index in [2.05, 4.69) is 11.9 Å². The van der Waals surface area contributed by atoms with Crippen LogP contribution in [0, 0.1) is 0 Å². The molecule has 108 valence electrons. The van der Waals surface area contributed by atoms with Crippen molar-refractivity contribution in [2.75, 3.05) is 0 Å². The largest absolute Gasteiger partial charge is 0.416 e. The zero-order valence-corrected chi connectivity index (χ0v) is 11.5. The first-order valence-corrected chi connectivity index (χ1v) is 6.76. The molecule has 0 aliphatic rings. The minimum Gasteiger partial charge on any atom is -0.355 e. The van der Waals surface area contributed by atoms with Gasteiger partial charge in [0.15, 0.2) is 0 Å². The summed E-state index contributed by atoms with van der Waals surface area (Å²) in [5, 5.41) is 0.569. The second-order valence-electron chi connectivity index (χ2n) is 5.03. The van der Waals surface area contributed by atoms with E-state index >= 15 is 0 Å². The van der Waals surface area contributed by atoms with Crippen molar-refractivity contribution >= 4 is 10.9 Å². The maximum Gasteiger partial charge on any atom is 0.416 e. The van der Waals surface area contributed by atoms with Gasteiger partial charge in [0.1, 0.15) is 0 Å². The van der Waals surface area contributed by atoms with Gasteiger partial charge in [0.05, 0.1) is 5.56 Å². The van der Waals surface area contributed by atoms with Crippen molar-refractivity contribution in [1.82, 2.24) is 4.98 Å². The lowest BCUT2D eigenvalue weighted by molar-refractivity contribution is -0.137. The minimum absolute atomic E-state index is 0.569. The Hall–Kier alpha value is -2.23. The van der Waals surface area contributed by atoms with Crippen LogP contribution >= 0.6 is 0 Å². The first-order chi connectivity index (χ1) is 9.97. The number of H-pyrrole nitrogens is 1. The summed E-state index contributed by atoms with van der Waals surface area (Å²) < 4.78 is 38.2. The highest BCUT2D eigenvalue weighted by molar-refractivity contribution is 5.86. The van der Waals surface area contributed by atoms with Gasteiger partial charge in [0.2, 0.25) is 0 Å². The molecule has 0 spiro atoms. The Morgan fingerprint density at radius 3 is 2.29 bits per heavy atom. The van der Waals surface area contributed by atoms with Crippen LogP contribution in [0.4, 0.5) is 13.2 Å². The maximum absolute atomic E-state index is 12.7. The molecule has 1 aromatic heterocycles. The molecule has 21 heavy (non-hydrogen) atoms. The summed E-state index contributed by atoms with van der Waals surface area (Å²) in [6.45, 7) is 2.08. The van der Waals surface area contributed by atoms with E-state index in [1.54, 1.807) is 6.07 Å². The first-order valence-electron chi connectivity index (χ1n) is 6.76. The lowest BCUT2D eigenvalue weighted by atomic mass is 10.1. The summed E-state index contributed by atoms with van der Waals surface area (Å²) in [7, 11) is 0. The van der Waals surface area contributed by atoms with Crippen LogP contribution < -0.4 is 0 Å². The monoisotopic (exact) mass is 289 g/mol. The van der Waals surface area contributed by atoms with Crippen molar-refractivity contribution in [2.24, 2.45) is 0 Å². The highest BCUT2D eigenvalue weighted by Crippen LogP contribution is 2.32. The fourth-order valence-corrected chi connectivity index (χ4v) is 2.38. The fraction of sp³-hybridized carbons (Fsp3) is 0.176. The van der Waals surface area contributed by atoms with E-state index in [1.165, 1.54) is 17.7 Å². The summed E-state index contributed by atoms with van der Waals surface area (Å²) in [6.07, 6.45) is -3.35. The number of nitrogens with one attached hydrogen (secondary N) is 1. The third kappa shape index (κ3) is 2.66. The topological polar surface area (TPSA) is 15.8 Å². The standard InChI is InChI=1S/C17H14F3N/c1-2-11-3-5-12(6-4-11)16-10-13-9-14(17(18,19)20)7-8-15(13)21-16/h3-10,21H,2H2,1H3. The van der Waals surface area contributed by atoms with Gasteiger partial charge >= 0.3 is 6.18 Å². The van der Waals surface area contributed by atoms with Gasteiger partial charge in [0.25, 0.3) is 0 Å². The number of benzene rings is 2. The van der Waals surface area contributed by atoms with Crippen molar-refractivity contribution in [3.8, 4) is 11.3 Å². The number of alkyl halides is 3. The van der Waals surface area contributed by atoms with Gasteiger partial charge in [-0.15, -0.1) is 0 Å². The minimum atomic E-state index is -4.31. The molecule has 0 fully saturated rings. The Kier molecular flexibility index (Phi) is 3.24. The highest BCUT2D eigenvalue weighted by Gasteiger charge is 2.30. The molecule has 0 saturated heterocycles. The van der Waals surface area contributed by atoms with Crippen LogP contribution in [-0.4, -0.2) is 4.98 Å². The Balaban J connectivity index is 2.04. The van der Waals surface area contributed by atoms with E-state index in [1.807, 2.05) is 24.3 Å². The third-order valence-corrected chi connectivity index (χ3v) is 3.62. The van der Waals surface area contributed by atoms with Crippen LogP contribution in [0.2, 0.25) is 0 Å². The molecule has 0 unspecified atom stereocenters. The molecule has 1 nitrogen and oxygen atoms in total. The smallest absolute Gasteiger partial charge is 0.355 e. The van der Waals surface area contributed by atoms with Crippen LogP contribution in [0.5, 0.6) is 0 Å². The SMILES string of the molecule is CCc1ccc(-c2cc3cc(C(F)(F)F)ccc3[nH]2)cc1. The number of rotatable bonds is 2. The van der Waals surface area contributed by atoms with Crippen molar-refractivity contribution in [1.29, 1.82) is 0 Å². The number of halogens is 3. The molecule has 0 bridgehead atoms. The second-order valence-corrected chi connectivity index (χ2v) is 5.03. The lowest BCUT2D eigenvalue weighted by Crippen LogP contribution is -2.03. The summed E-state index contributed by atoms with van der Waals surface area (Å²) in [4.78, 5) is 3.16. The lowest BCUT2D eigenvalue weighted by Gasteiger charge is -2.05. The Bertz CT molecular complexity index is 767. The van der Waals surface area contributed by atoms with Crippen LogP contribution in [0.25, 0.3) is 22.2 Å². The van der Waals surface area contributed by atoms with Gasteiger partial charge < -0.3 is 4.98 Å². The number of aromatic nitrogens is 1. The molecule has 0 amide bonds. The highest BCUT2D eigenvalue weighted by atomic mass is 19.4. The zero-order valence-electron chi connectivity index (χ0n) is 11.5. The third-order valence-electron chi connectivity index (χ3n) is 3.62. The van der Waals surface area contributed by atoms with E-state index in [4.69, 9.17) is 0 Å². The molecule has 0 radical (unpaired) electrons. The van der Waals surface area contributed by atoms with E-state index in [0.717, 1.165) is 23.7 Å². The number of hydrogen-bond donors (Lipinski definition) is 1.